The van der Waals surface area contributed by atoms with Gasteiger partial charge in [-0.15, -0.1) is 0 Å². The molecule has 3 fully saturated rings. The van der Waals surface area contributed by atoms with Gasteiger partial charge in [0.25, 0.3) is 0 Å². The van der Waals surface area contributed by atoms with Gasteiger partial charge in [0, 0.05) is 39.1 Å². The van der Waals surface area contributed by atoms with Crippen LogP contribution in [0, 0.1) is 5.92 Å². The molecule has 4 unspecified atom stereocenters. The summed E-state index contributed by atoms with van der Waals surface area (Å²) in [6.07, 6.45) is 7.61. The highest BCUT2D eigenvalue weighted by Gasteiger charge is 2.46. The van der Waals surface area contributed by atoms with E-state index < -0.39 is 8.80 Å². The van der Waals surface area contributed by atoms with Crippen LogP contribution < -0.4 is 0 Å². The highest BCUT2D eigenvalue weighted by Crippen LogP contribution is 2.41. The molecule has 184 valence electrons. The number of ether oxygens (including phenoxy) is 3. The van der Waals surface area contributed by atoms with Gasteiger partial charge in [-0.05, 0) is 71.8 Å². The molecule has 4 atom stereocenters. The summed E-state index contributed by atoms with van der Waals surface area (Å²) in [6.45, 7) is 13.6. The van der Waals surface area contributed by atoms with Gasteiger partial charge >= 0.3 is 8.80 Å². The summed E-state index contributed by atoms with van der Waals surface area (Å²) in [4.78, 5) is 0. The van der Waals surface area contributed by atoms with Crippen molar-refractivity contribution in [3.05, 3.63) is 0 Å². The van der Waals surface area contributed by atoms with Gasteiger partial charge in [0.2, 0.25) is 0 Å². The quantitative estimate of drug-likeness (QED) is 0.180. The maximum Gasteiger partial charge on any atom is 0.500 e. The van der Waals surface area contributed by atoms with Crippen LogP contribution in [0.25, 0.3) is 0 Å². The van der Waals surface area contributed by atoms with Crippen molar-refractivity contribution in [1.82, 2.24) is 0 Å². The van der Waals surface area contributed by atoms with E-state index >= 15 is 0 Å². The Morgan fingerprint density at radius 2 is 1.65 bits per heavy atom. The third kappa shape index (κ3) is 11.7. The molecule has 2 saturated heterocycles. The number of hydrogen-bond acceptors (Lipinski definition) is 7. The van der Waals surface area contributed by atoms with Gasteiger partial charge < -0.3 is 31.9 Å². The van der Waals surface area contributed by atoms with Crippen molar-refractivity contribution >= 4 is 18.6 Å². The molecule has 7 nitrogen and oxygen atoms in total. The zero-order chi connectivity index (χ0) is 22.4. The predicted octanol–water partition coefficient (Wildman–Crippen LogP) is 3.32. The average Bonchev–Trinajstić information content (AvgIpc) is 3.68. The maximum absolute atomic E-state index is 5.90. The second kappa shape index (κ2) is 15.9. The molecule has 0 amide bonds. The lowest BCUT2D eigenvalue weighted by Gasteiger charge is -2.30. The Balaban J connectivity index is 0.000000245. The molecule has 1 saturated carbocycles. The van der Waals surface area contributed by atoms with E-state index in [9.17, 15) is 0 Å². The minimum Gasteiger partial charge on any atom is -0.424 e. The highest BCUT2D eigenvalue weighted by atomic mass is 28.4. The summed E-state index contributed by atoms with van der Waals surface area (Å²) in [5.41, 5.74) is 0. The molecule has 0 N–H and O–H groups in total. The molecule has 0 radical (unpaired) electrons. The first kappa shape index (κ1) is 27.4. The molecule has 0 aromatic carbocycles. The molecular weight excluding hydrogens is 432 g/mol. The van der Waals surface area contributed by atoms with E-state index in [0.717, 1.165) is 51.2 Å². The van der Waals surface area contributed by atoms with Gasteiger partial charge in [-0.2, -0.15) is 0 Å². The van der Waals surface area contributed by atoms with Gasteiger partial charge in [0.05, 0.1) is 25.4 Å². The standard InChI is InChI=1S/C14H28O4Si.C8H18O3Si/c1-4-15-19(16-5-2,17-6-3)10-9-12-7-8-13-14(11-12)18-13;1-2-11-12-5-3-4-9-6-8-7-10-8/h12-14H,4-11H2,1-3H3;8H,2-7,12H2,1H3. The van der Waals surface area contributed by atoms with Gasteiger partial charge in [-0.25, -0.2) is 0 Å². The number of hydrogen-bond donors (Lipinski definition) is 0. The van der Waals surface area contributed by atoms with Crippen molar-refractivity contribution in [2.45, 2.75) is 90.2 Å². The van der Waals surface area contributed by atoms with Gasteiger partial charge in [-0.3, -0.25) is 0 Å². The number of epoxide rings is 2. The van der Waals surface area contributed by atoms with Gasteiger partial charge in [0.15, 0.2) is 9.76 Å². The van der Waals surface area contributed by atoms with Crippen LogP contribution in [0.2, 0.25) is 12.1 Å². The number of rotatable bonds is 17. The lowest BCUT2D eigenvalue weighted by atomic mass is 9.88. The molecule has 2 aliphatic heterocycles. The third-order valence-electron chi connectivity index (χ3n) is 5.80. The van der Waals surface area contributed by atoms with Crippen LogP contribution in [0.15, 0.2) is 0 Å². The average molecular weight is 479 g/mol. The van der Waals surface area contributed by atoms with Crippen LogP contribution in [-0.4, -0.2) is 83.1 Å². The van der Waals surface area contributed by atoms with Crippen molar-refractivity contribution in [2.75, 3.05) is 46.2 Å². The van der Waals surface area contributed by atoms with E-state index in [1.54, 1.807) is 0 Å². The monoisotopic (exact) mass is 478 g/mol. The van der Waals surface area contributed by atoms with E-state index in [0.29, 0.717) is 38.1 Å². The first-order chi connectivity index (χ1) is 15.2. The molecular formula is C22H46O7Si2. The Hall–Kier alpha value is 0.154. The largest absolute Gasteiger partial charge is 0.500 e. The molecule has 0 bridgehead atoms. The van der Waals surface area contributed by atoms with E-state index in [-0.39, 0.29) is 9.76 Å². The second-order valence-electron chi connectivity index (χ2n) is 8.35. The van der Waals surface area contributed by atoms with Crippen LogP contribution in [0.3, 0.4) is 0 Å². The fourth-order valence-electron chi connectivity index (χ4n) is 4.06. The van der Waals surface area contributed by atoms with Crippen LogP contribution in [-0.2, 0) is 31.9 Å². The van der Waals surface area contributed by atoms with E-state index in [1.165, 1.54) is 25.3 Å². The van der Waals surface area contributed by atoms with E-state index in [1.807, 2.05) is 27.7 Å². The number of fused-ring (bicyclic) bond motifs is 1. The Morgan fingerprint density at radius 3 is 2.23 bits per heavy atom. The fraction of sp³-hybridized carbons (Fsp3) is 1.00. The van der Waals surface area contributed by atoms with Crippen molar-refractivity contribution in [2.24, 2.45) is 5.92 Å². The lowest BCUT2D eigenvalue weighted by Crippen LogP contribution is -2.46. The third-order valence-corrected chi connectivity index (χ3v) is 10.4. The van der Waals surface area contributed by atoms with Crippen molar-refractivity contribution in [3.8, 4) is 0 Å². The van der Waals surface area contributed by atoms with Crippen molar-refractivity contribution in [3.63, 3.8) is 0 Å². The van der Waals surface area contributed by atoms with E-state index in [4.69, 9.17) is 31.9 Å². The maximum atomic E-state index is 5.90. The van der Waals surface area contributed by atoms with Crippen molar-refractivity contribution < 1.29 is 31.9 Å². The Kier molecular flexibility index (Phi) is 14.0. The van der Waals surface area contributed by atoms with Gasteiger partial charge in [-0.1, -0.05) is 0 Å². The summed E-state index contributed by atoms with van der Waals surface area (Å²) in [5.74, 6) is 0.761. The zero-order valence-electron chi connectivity index (χ0n) is 20.3. The molecule has 3 rings (SSSR count). The van der Waals surface area contributed by atoms with Crippen LogP contribution >= 0.6 is 0 Å². The lowest BCUT2D eigenvalue weighted by molar-refractivity contribution is 0.0691. The Labute approximate surface area is 193 Å². The molecule has 9 heteroatoms. The first-order valence-electron chi connectivity index (χ1n) is 12.5. The van der Waals surface area contributed by atoms with E-state index in [2.05, 4.69) is 0 Å². The second-order valence-corrected chi connectivity index (χ2v) is 12.6. The SMILES string of the molecule is CCO[SiH2]CCCOCC1CO1.CCO[Si](CCC1CCC2OC2C1)(OCC)OCC. The molecule has 0 spiro atoms. The van der Waals surface area contributed by atoms with Crippen molar-refractivity contribution in [1.29, 1.82) is 0 Å². The fourth-order valence-corrected chi connectivity index (χ4v) is 7.73. The highest BCUT2D eigenvalue weighted by molar-refractivity contribution is 6.60. The van der Waals surface area contributed by atoms with Gasteiger partial charge in [0.1, 0.15) is 6.10 Å². The summed E-state index contributed by atoms with van der Waals surface area (Å²) < 4.78 is 39.0. The summed E-state index contributed by atoms with van der Waals surface area (Å²) in [5, 5.41) is 0. The topological polar surface area (TPSA) is 71.2 Å². The summed E-state index contributed by atoms with van der Waals surface area (Å²) >= 11 is 0. The molecule has 0 aromatic heterocycles. The Morgan fingerprint density at radius 1 is 0.935 bits per heavy atom. The Bertz CT molecular complexity index is 437. The summed E-state index contributed by atoms with van der Waals surface area (Å²) in [6, 6.07) is 2.18. The predicted molar refractivity (Wildman–Crippen MR) is 126 cm³/mol. The zero-order valence-corrected chi connectivity index (χ0v) is 22.7. The van der Waals surface area contributed by atoms with Crippen LogP contribution in [0.1, 0.15) is 59.8 Å². The first-order valence-corrected chi connectivity index (χ1v) is 16.0. The molecule has 1 aliphatic carbocycles. The molecule has 31 heavy (non-hydrogen) atoms. The minimum atomic E-state index is -2.43. The molecule has 2 heterocycles. The minimum absolute atomic E-state index is 0.232. The van der Waals surface area contributed by atoms with Crippen LogP contribution in [0.5, 0.6) is 0 Å². The molecule has 0 aromatic rings. The van der Waals surface area contributed by atoms with Crippen LogP contribution in [0.4, 0.5) is 0 Å². The smallest absolute Gasteiger partial charge is 0.424 e. The molecule has 3 aliphatic rings. The normalized spacial score (nSPS) is 27.1. The summed E-state index contributed by atoms with van der Waals surface area (Å²) in [7, 11) is -2.66.